The average Bonchev–Trinajstić information content (AvgIpc) is 2.17. The first kappa shape index (κ1) is 12.3. The van der Waals surface area contributed by atoms with Crippen molar-refractivity contribution in [1.82, 2.24) is 5.32 Å². The van der Waals surface area contributed by atoms with E-state index in [4.69, 9.17) is 5.26 Å². The van der Waals surface area contributed by atoms with Crippen molar-refractivity contribution in [2.75, 3.05) is 6.54 Å². The van der Waals surface area contributed by atoms with Gasteiger partial charge in [-0.15, -0.1) is 0 Å². The molecule has 0 aromatic carbocycles. The first-order valence-electron chi connectivity index (χ1n) is 5.16. The molecule has 0 aromatic rings. The van der Waals surface area contributed by atoms with E-state index in [1.165, 1.54) is 0 Å². The van der Waals surface area contributed by atoms with Gasteiger partial charge in [-0.1, -0.05) is 6.92 Å². The Hall–Kier alpha value is -0.760. The van der Waals surface area contributed by atoms with Gasteiger partial charge in [0.2, 0.25) is 0 Å². The molecule has 1 rings (SSSR count). The molecular formula is C10H15F3N2. The minimum Gasteiger partial charge on any atom is -0.300 e. The van der Waals surface area contributed by atoms with E-state index in [9.17, 15) is 13.2 Å². The number of nitrogens with zero attached hydrogens (tertiary/aromatic N) is 1. The topological polar surface area (TPSA) is 35.8 Å². The molecule has 5 heteroatoms. The van der Waals surface area contributed by atoms with Crippen LogP contribution >= 0.6 is 0 Å². The molecule has 86 valence electrons. The Balaban J connectivity index is 2.74. The maximum absolute atomic E-state index is 12.5. The van der Waals surface area contributed by atoms with E-state index in [2.05, 4.69) is 5.32 Å². The van der Waals surface area contributed by atoms with Crippen LogP contribution in [0.15, 0.2) is 0 Å². The summed E-state index contributed by atoms with van der Waals surface area (Å²) >= 11 is 0. The van der Waals surface area contributed by atoms with Crippen molar-refractivity contribution < 1.29 is 13.2 Å². The highest BCUT2D eigenvalue weighted by Crippen LogP contribution is 2.41. The molecule has 2 atom stereocenters. The molecule has 15 heavy (non-hydrogen) atoms. The molecule has 0 aliphatic heterocycles. The lowest BCUT2D eigenvalue weighted by Gasteiger charge is -2.37. The van der Waals surface area contributed by atoms with E-state index in [1.54, 1.807) is 6.92 Å². The van der Waals surface area contributed by atoms with E-state index in [0.717, 1.165) is 0 Å². The van der Waals surface area contributed by atoms with Gasteiger partial charge in [0.1, 0.15) is 5.54 Å². The molecule has 1 saturated carbocycles. The Kier molecular flexibility index (Phi) is 3.61. The molecule has 0 heterocycles. The third-order valence-corrected chi connectivity index (χ3v) is 2.94. The summed E-state index contributed by atoms with van der Waals surface area (Å²) in [4.78, 5) is 0. The lowest BCUT2D eigenvalue weighted by Crippen LogP contribution is -2.49. The van der Waals surface area contributed by atoms with Crippen LogP contribution in [-0.2, 0) is 0 Å². The molecule has 0 bridgehead atoms. The summed E-state index contributed by atoms with van der Waals surface area (Å²) in [7, 11) is 0. The minimum absolute atomic E-state index is 0.110. The molecule has 1 N–H and O–H groups in total. The highest BCUT2D eigenvalue weighted by Gasteiger charge is 2.47. The van der Waals surface area contributed by atoms with Crippen molar-refractivity contribution in [2.45, 2.75) is 44.3 Å². The van der Waals surface area contributed by atoms with Crippen molar-refractivity contribution in [3.05, 3.63) is 0 Å². The Morgan fingerprint density at radius 3 is 2.67 bits per heavy atom. The van der Waals surface area contributed by atoms with Crippen molar-refractivity contribution >= 4 is 0 Å². The van der Waals surface area contributed by atoms with Gasteiger partial charge < -0.3 is 0 Å². The van der Waals surface area contributed by atoms with Crippen molar-refractivity contribution in [3.63, 3.8) is 0 Å². The standard InChI is InChI=1S/C10H15F3N2/c1-2-15-9(7-14)5-3-4-8(6-9)10(11,12)13/h8,15H,2-6H2,1H3. The van der Waals surface area contributed by atoms with Gasteiger partial charge in [-0.2, -0.15) is 18.4 Å². The third-order valence-electron chi connectivity index (χ3n) is 2.94. The second kappa shape index (κ2) is 4.40. The Labute approximate surface area is 87.5 Å². The summed E-state index contributed by atoms with van der Waals surface area (Å²) in [6.45, 7) is 2.33. The number of nitriles is 1. The quantitative estimate of drug-likeness (QED) is 0.776. The average molecular weight is 220 g/mol. The fourth-order valence-corrected chi connectivity index (χ4v) is 2.19. The van der Waals surface area contributed by atoms with E-state index in [-0.39, 0.29) is 12.8 Å². The van der Waals surface area contributed by atoms with E-state index >= 15 is 0 Å². The van der Waals surface area contributed by atoms with Gasteiger partial charge in [0.05, 0.1) is 12.0 Å². The van der Waals surface area contributed by atoms with Crippen LogP contribution < -0.4 is 5.32 Å². The van der Waals surface area contributed by atoms with Crippen molar-refractivity contribution in [2.24, 2.45) is 5.92 Å². The van der Waals surface area contributed by atoms with Crippen molar-refractivity contribution in [1.29, 1.82) is 5.26 Å². The number of rotatable bonds is 2. The molecule has 1 aliphatic carbocycles. The third kappa shape index (κ3) is 2.85. The Morgan fingerprint density at radius 2 is 2.20 bits per heavy atom. The van der Waals surface area contributed by atoms with Crippen LogP contribution in [0.4, 0.5) is 13.2 Å². The maximum Gasteiger partial charge on any atom is 0.391 e. The fraction of sp³-hybridized carbons (Fsp3) is 0.900. The van der Waals surface area contributed by atoms with Gasteiger partial charge >= 0.3 is 6.18 Å². The number of halogens is 3. The number of nitrogens with one attached hydrogen (secondary N) is 1. The number of hydrogen-bond acceptors (Lipinski definition) is 2. The lowest BCUT2D eigenvalue weighted by atomic mass is 9.76. The summed E-state index contributed by atoms with van der Waals surface area (Å²) in [5.41, 5.74) is -0.965. The van der Waals surface area contributed by atoms with Crippen LogP contribution in [0, 0.1) is 17.2 Å². The van der Waals surface area contributed by atoms with Gasteiger partial charge in [0.25, 0.3) is 0 Å². The Bertz CT molecular complexity index is 252. The van der Waals surface area contributed by atoms with Crippen LogP contribution in [0.5, 0.6) is 0 Å². The minimum atomic E-state index is -4.17. The van der Waals surface area contributed by atoms with E-state index < -0.39 is 17.6 Å². The number of alkyl halides is 3. The van der Waals surface area contributed by atoms with Gasteiger partial charge in [0.15, 0.2) is 0 Å². The largest absolute Gasteiger partial charge is 0.391 e. The predicted molar refractivity (Wildman–Crippen MR) is 50.0 cm³/mol. The number of hydrogen-bond donors (Lipinski definition) is 1. The second-order valence-corrected chi connectivity index (χ2v) is 4.06. The van der Waals surface area contributed by atoms with E-state index in [0.29, 0.717) is 19.4 Å². The first-order chi connectivity index (χ1) is 6.93. The van der Waals surface area contributed by atoms with Crippen LogP contribution in [-0.4, -0.2) is 18.3 Å². The summed E-state index contributed by atoms with van der Waals surface area (Å²) in [6.07, 6.45) is -3.15. The molecule has 2 unspecified atom stereocenters. The summed E-state index contributed by atoms with van der Waals surface area (Å²) < 4.78 is 37.6. The lowest BCUT2D eigenvalue weighted by molar-refractivity contribution is -0.186. The van der Waals surface area contributed by atoms with Crippen LogP contribution in [0.25, 0.3) is 0 Å². The van der Waals surface area contributed by atoms with E-state index in [1.807, 2.05) is 6.07 Å². The zero-order chi connectivity index (χ0) is 11.5. The molecule has 1 aliphatic rings. The molecule has 2 nitrogen and oxygen atoms in total. The fourth-order valence-electron chi connectivity index (χ4n) is 2.19. The van der Waals surface area contributed by atoms with Crippen LogP contribution in [0.2, 0.25) is 0 Å². The molecular weight excluding hydrogens is 205 g/mol. The summed E-state index contributed by atoms with van der Waals surface area (Å²) in [5.74, 6) is -1.33. The van der Waals surface area contributed by atoms with Gasteiger partial charge in [-0.25, -0.2) is 0 Å². The second-order valence-electron chi connectivity index (χ2n) is 4.06. The van der Waals surface area contributed by atoms with Crippen molar-refractivity contribution in [3.8, 4) is 6.07 Å². The molecule has 0 saturated heterocycles. The molecule has 0 aromatic heterocycles. The summed E-state index contributed by atoms with van der Waals surface area (Å²) in [5, 5.41) is 11.9. The smallest absolute Gasteiger partial charge is 0.300 e. The Morgan fingerprint density at radius 1 is 1.53 bits per heavy atom. The van der Waals surface area contributed by atoms with Crippen LogP contribution in [0.1, 0.15) is 32.6 Å². The van der Waals surface area contributed by atoms with Gasteiger partial charge in [-0.05, 0) is 32.2 Å². The predicted octanol–water partition coefficient (Wildman–Crippen LogP) is 2.61. The highest BCUT2D eigenvalue weighted by molar-refractivity contribution is 5.10. The SMILES string of the molecule is CCNC1(C#N)CCCC(C(F)(F)F)C1. The van der Waals surface area contributed by atoms with Gasteiger partial charge in [-0.3, -0.25) is 5.32 Å². The zero-order valence-corrected chi connectivity index (χ0v) is 8.69. The zero-order valence-electron chi connectivity index (χ0n) is 8.69. The monoisotopic (exact) mass is 220 g/mol. The molecule has 0 spiro atoms. The maximum atomic E-state index is 12.5. The van der Waals surface area contributed by atoms with Crippen LogP contribution in [0.3, 0.4) is 0 Å². The highest BCUT2D eigenvalue weighted by atomic mass is 19.4. The first-order valence-corrected chi connectivity index (χ1v) is 5.16. The molecule has 0 amide bonds. The summed E-state index contributed by atoms with van der Waals surface area (Å²) in [6, 6.07) is 2.01. The molecule has 0 radical (unpaired) electrons. The normalized spacial score (nSPS) is 32.3. The molecule has 1 fully saturated rings. The van der Waals surface area contributed by atoms with Gasteiger partial charge in [0, 0.05) is 0 Å².